The summed E-state index contributed by atoms with van der Waals surface area (Å²) in [5.74, 6) is 0.333. The first kappa shape index (κ1) is 21.6. The van der Waals surface area contributed by atoms with Crippen molar-refractivity contribution in [3.05, 3.63) is 77.0 Å². The Morgan fingerprint density at radius 1 is 1.03 bits per heavy atom. The van der Waals surface area contributed by atoms with Crippen molar-refractivity contribution in [3.8, 4) is 11.3 Å². The van der Waals surface area contributed by atoms with Crippen LogP contribution in [0, 0.1) is 0 Å². The number of hydrogen-bond donors (Lipinski definition) is 2. The maximum absolute atomic E-state index is 12.5. The zero-order valence-electron chi connectivity index (χ0n) is 17.1. The summed E-state index contributed by atoms with van der Waals surface area (Å²) < 4.78 is 5.66. The van der Waals surface area contributed by atoms with Gasteiger partial charge in [0.25, 0.3) is 5.91 Å². The second-order valence-corrected chi connectivity index (χ2v) is 8.46. The number of nitrogens with zero attached hydrogens (tertiary/aromatic N) is 1. The molecule has 7 heteroatoms. The van der Waals surface area contributed by atoms with Crippen molar-refractivity contribution >= 4 is 40.5 Å². The van der Waals surface area contributed by atoms with Crippen LogP contribution in [0.15, 0.2) is 65.1 Å². The molecule has 0 bridgehead atoms. The average molecular weight is 454 g/mol. The molecule has 160 valence electrons. The first-order valence-electron chi connectivity index (χ1n) is 10.4. The minimum absolute atomic E-state index is 0.177. The van der Waals surface area contributed by atoms with Crippen LogP contribution in [0.5, 0.6) is 0 Å². The van der Waals surface area contributed by atoms with Gasteiger partial charge >= 0.3 is 0 Å². The molecule has 1 saturated heterocycles. The summed E-state index contributed by atoms with van der Waals surface area (Å²) in [6.45, 7) is 3.30. The summed E-state index contributed by atoms with van der Waals surface area (Å²) in [4.78, 5) is 15.0. The molecule has 0 radical (unpaired) electrons. The smallest absolute Gasteiger partial charge is 0.293 e. The van der Waals surface area contributed by atoms with Crippen molar-refractivity contribution in [1.29, 1.82) is 0 Å². The highest BCUT2D eigenvalue weighted by atomic mass is 35.5. The third kappa shape index (κ3) is 5.94. The fraction of sp³-hybridized carbons (Fsp3) is 0.250. The van der Waals surface area contributed by atoms with Crippen LogP contribution >= 0.6 is 23.8 Å². The predicted octanol–water partition coefficient (Wildman–Crippen LogP) is 5.71. The Morgan fingerprint density at radius 3 is 2.55 bits per heavy atom. The molecule has 0 spiro atoms. The summed E-state index contributed by atoms with van der Waals surface area (Å²) in [7, 11) is 0. The Bertz CT molecular complexity index is 1060. The van der Waals surface area contributed by atoms with Crippen LogP contribution in [0.2, 0.25) is 5.02 Å². The lowest BCUT2D eigenvalue weighted by Crippen LogP contribution is -2.33. The van der Waals surface area contributed by atoms with Gasteiger partial charge in [0, 0.05) is 22.8 Å². The summed E-state index contributed by atoms with van der Waals surface area (Å²) in [6.07, 6.45) is 3.90. The van der Waals surface area contributed by atoms with E-state index in [9.17, 15) is 4.79 Å². The van der Waals surface area contributed by atoms with Crippen molar-refractivity contribution in [2.45, 2.75) is 25.8 Å². The number of likely N-dealkylation sites (tertiary alicyclic amines) is 1. The van der Waals surface area contributed by atoms with E-state index in [1.807, 2.05) is 24.3 Å². The van der Waals surface area contributed by atoms with Crippen molar-refractivity contribution in [1.82, 2.24) is 10.2 Å². The van der Waals surface area contributed by atoms with Crippen LogP contribution < -0.4 is 10.6 Å². The number of thiocarbonyl (C=S) groups is 1. The molecule has 1 aliphatic rings. The summed E-state index contributed by atoms with van der Waals surface area (Å²) in [6, 6.07) is 18.7. The highest BCUT2D eigenvalue weighted by molar-refractivity contribution is 7.80. The summed E-state index contributed by atoms with van der Waals surface area (Å²) >= 11 is 11.3. The third-order valence-electron chi connectivity index (χ3n) is 5.23. The number of benzene rings is 2. The predicted molar refractivity (Wildman–Crippen MR) is 128 cm³/mol. The van der Waals surface area contributed by atoms with E-state index >= 15 is 0 Å². The van der Waals surface area contributed by atoms with Gasteiger partial charge in [-0.05, 0) is 80.1 Å². The van der Waals surface area contributed by atoms with Gasteiger partial charge in [0.15, 0.2) is 10.9 Å². The second-order valence-electron chi connectivity index (χ2n) is 7.62. The van der Waals surface area contributed by atoms with Crippen molar-refractivity contribution in [2.75, 3.05) is 18.4 Å². The van der Waals surface area contributed by atoms with Crippen LogP contribution in [0.1, 0.15) is 35.4 Å². The molecule has 2 heterocycles. The number of furan rings is 1. The Morgan fingerprint density at radius 2 is 1.81 bits per heavy atom. The van der Waals surface area contributed by atoms with Crippen LogP contribution in [0.25, 0.3) is 11.3 Å². The normalized spacial score (nSPS) is 14.2. The van der Waals surface area contributed by atoms with Gasteiger partial charge in [-0.1, -0.05) is 42.3 Å². The van der Waals surface area contributed by atoms with Gasteiger partial charge in [-0.25, -0.2) is 0 Å². The first-order chi connectivity index (χ1) is 15.1. The van der Waals surface area contributed by atoms with Crippen LogP contribution in [0.3, 0.4) is 0 Å². The lowest BCUT2D eigenvalue weighted by molar-refractivity contribution is 0.0951. The molecular weight excluding hydrogens is 430 g/mol. The number of nitrogens with one attached hydrogen (secondary N) is 2. The highest BCUT2D eigenvalue weighted by Gasteiger charge is 2.14. The molecular formula is C24H24ClN3O2S. The fourth-order valence-corrected chi connectivity index (χ4v) is 4.05. The highest BCUT2D eigenvalue weighted by Crippen LogP contribution is 2.24. The van der Waals surface area contributed by atoms with Gasteiger partial charge in [0.1, 0.15) is 5.76 Å². The minimum Gasteiger partial charge on any atom is -0.451 e. The Kier molecular flexibility index (Phi) is 7.02. The van der Waals surface area contributed by atoms with Gasteiger partial charge in [-0.3, -0.25) is 15.0 Å². The molecule has 2 N–H and O–H groups in total. The van der Waals surface area contributed by atoms with Crippen LogP contribution in [-0.2, 0) is 6.54 Å². The van der Waals surface area contributed by atoms with E-state index in [0.29, 0.717) is 10.8 Å². The minimum atomic E-state index is -0.410. The van der Waals surface area contributed by atoms with E-state index in [-0.39, 0.29) is 10.9 Å². The number of hydrogen-bond acceptors (Lipinski definition) is 4. The molecule has 4 rings (SSSR count). The molecule has 1 amide bonds. The average Bonchev–Trinajstić information content (AvgIpc) is 3.26. The van der Waals surface area contributed by atoms with E-state index < -0.39 is 5.91 Å². The number of rotatable bonds is 5. The van der Waals surface area contributed by atoms with Crippen molar-refractivity contribution in [3.63, 3.8) is 0 Å². The molecule has 31 heavy (non-hydrogen) atoms. The Hall–Kier alpha value is -2.67. The number of amides is 1. The topological polar surface area (TPSA) is 57.5 Å². The molecule has 2 aromatic carbocycles. The Labute approximate surface area is 192 Å². The number of halogens is 1. The number of carbonyl (C=O) groups excluding carboxylic acids is 1. The maximum Gasteiger partial charge on any atom is 0.293 e. The molecule has 0 aliphatic carbocycles. The standard InChI is InChI=1S/C24H24ClN3O2S/c25-19-6-4-5-18(15-19)21-11-12-22(30-21)23(29)27-24(31)26-20-9-7-17(8-10-20)16-28-13-2-1-3-14-28/h4-12,15H,1-3,13-14,16H2,(H2,26,27,29,31). The molecule has 1 aliphatic heterocycles. The molecule has 3 aromatic rings. The SMILES string of the molecule is O=C(NC(=S)Nc1ccc(CN2CCCCC2)cc1)c1ccc(-c2cccc(Cl)c2)o1. The third-order valence-corrected chi connectivity index (χ3v) is 5.67. The fourth-order valence-electron chi connectivity index (χ4n) is 3.65. The van der Waals surface area contributed by atoms with E-state index in [4.69, 9.17) is 28.2 Å². The van der Waals surface area contributed by atoms with Gasteiger partial charge in [0.05, 0.1) is 0 Å². The zero-order chi connectivity index (χ0) is 21.6. The number of piperidine rings is 1. The van der Waals surface area contributed by atoms with Gasteiger partial charge in [0.2, 0.25) is 0 Å². The maximum atomic E-state index is 12.5. The van der Waals surface area contributed by atoms with Gasteiger partial charge < -0.3 is 9.73 Å². The zero-order valence-corrected chi connectivity index (χ0v) is 18.6. The van der Waals surface area contributed by atoms with E-state index in [1.54, 1.807) is 24.3 Å². The van der Waals surface area contributed by atoms with Crippen LogP contribution in [0.4, 0.5) is 5.69 Å². The van der Waals surface area contributed by atoms with Gasteiger partial charge in [-0.2, -0.15) is 0 Å². The molecule has 1 fully saturated rings. The lowest BCUT2D eigenvalue weighted by atomic mass is 10.1. The van der Waals surface area contributed by atoms with Crippen molar-refractivity contribution in [2.24, 2.45) is 0 Å². The molecule has 0 unspecified atom stereocenters. The lowest BCUT2D eigenvalue weighted by Gasteiger charge is -2.26. The van der Waals surface area contributed by atoms with E-state index in [2.05, 4.69) is 27.7 Å². The Balaban J connectivity index is 1.31. The summed E-state index contributed by atoms with van der Waals surface area (Å²) in [5, 5.41) is 6.52. The molecule has 0 saturated carbocycles. The molecule has 0 atom stereocenters. The summed E-state index contributed by atoms with van der Waals surface area (Å²) in [5.41, 5.74) is 2.90. The molecule has 1 aromatic heterocycles. The number of anilines is 1. The van der Waals surface area contributed by atoms with Crippen molar-refractivity contribution < 1.29 is 9.21 Å². The second kappa shape index (κ2) is 10.1. The van der Waals surface area contributed by atoms with E-state index in [1.165, 1.54) is 37.9 Å². The monoisotopic (exact) mass is 453 g/mol. The largest absolute Gasteiger partial charge is 0.451 e. The van der Waals surface area contributed by atoms with E-state index in [0.717, 1.165) is 17.8 Å². The van der Waals surface area contributed by atoms with Gasteiger partial charge in [-0.15, -0.1) is 0 Å². The molecule has 5 nitrogen and oxygen atoms in total. The first-order valence-corrected chi connectivity index (χ1v) is 11.1. The number of carbonyl (C=O) groups is 1. The quantitative estimate of drug-likeness (QED) is 0.484. The van der Waals surface area contributed by atoms with Crippen LogP contribution in [-0.4, -0.2) is 29.0 Å².